The van der Waals surface area contributed by atoms with Crippen molar-refractivity contribution < 1.29 is 0 Å². The number of hydrogen-bond acceptors (Lipinski definition) is 1. The van der Waals surface area contributed by atoms with Gasteiger partial charge >= 0.3 is 0 Å². The third-order valence-electron chi connectivity index (χ3n) is 0.743. The summed E-state index contributed by atoms with van der Waals surface area (Å²) in [5, 5.41) is 0.623. The molecule has 0 aliphatic rings. The number of halogens is 1. The van der Waals surface area contributed by atoms with Gasteiger partial charge in [-0.3, -0.25) is 4.98 Å². The smallest absolute Gasteiger partial charge is 0.141 e. The van der Waals surface area contributed by atoms with E-state index in [0.717, 1.165) is 0 Å². The molecule has 0 aliphatic heterocycles. The van der Waals surface area contributed by atoms with Crippen LogP contribution in [-0.2, 0) is 0 Å². The Morgan fingerprint density at radius 1 is 1.62 bits per heavy atom. The Morgan fingerprint density at radius 2 is 2.38 bits per heavy atom. The van der Waals surface area contributed by atoms with E-state index in [9.17, 15) is 0 Å². The summed E-state index contributed by atoms with van der Waals surface area (Å²) in [7, 11) is 5.26. The van der Waals surface area contributed by atoms with Crippen molar-refractivity contribution in [2.75, 3.05) is 0 Å². The van der Waals surface area contributed by atoms with Crippen LogP contribution in [0.3, 0.4) is 0 Å². The summed E-state index contributed by atoms with van der Waals surface area (Å²) in [6, 6.07) is 3.28. The van der Waals surface area contributed by atoms with Crippen molar-refractivity contribution in [3.05, 3.63) is 23.4 Å². The summed E-state index contributed by atoms with van der Waals surface area (Å²) < 4.78 is 0. The minimum absolute atomic E-state index is 0.456. The zero-order valence-electron chi connectivity index (χ0n) is 4.13. The Bertz CT molecular complexity index is 172. The van der Waals surface area contributed by atoms with Crippen molar-refractivity contribution in [1.29, 1.82) is 0 Å². The van der Waals surface area contributed by atoms with Crippen LogP contribution in [0.1, 0.15) is 0 Å². The maximum absolute atomic E-state index is 5.52. The van der Waals surface area contributed by atoms with E-state index in [1.807, 2.05) is 0 Å². The van der Waals surface area contributed by atoms with Crippen molar-refractivity contribution in [1.82, 2.24) is 4.98 Å². The summed E-state index contributed by atoms with van der Waals surface area (Å²) >= 11 is 5.52. The van der Waals surface area contributed by atoms with Gasteiger partial charge in [0.15, 0.2) is 0 Å². The SMILES string of the molecule is [B]c1cc(Cl)ccn1. The number of hydrogen-bond donors (Lipinski definition) is 0. The summed E-state index contributed by atoms with van der Waals surface area (Å²) in [6.07, 6.45) is 1.57. The second kappa shape index (κ2) is 2.18. The summed E-state index contributed by atoms with van der Waals surface area (Å²) in [6.45, 7) is 0. The van der Waals surface area contributed by atoms with Crippen LogP contribution in [0, 0.1) is 0 Å². The first-order valence-electron chi connectivity index (χ1n) is 2.16. The van der Waals surface area contributed by atoms with Crippen molar-refractivity contribution in [2.45, 2.75) is 0 Å². The molecule has 1 rings (SSSR count). The Morgan fingerprint density at radius 3 is 2.75 bits per heavy atom. The van der Waals surface area contributed by atoms with Crippen LogP contribution in [-0.4, -0.2) is 12.8 Å². The molecular formula is C5H3BClN. The van der Waals surface area contributed by atoms with Gasteiger partial charge in [-0.15, -0.1) is 0 Å². The van der Waals surface area contributed by atoms with Crippen LogP contribution < -0.4 is 5.59 Å². The maximum Gasteiger partial charge on any atom is 0.141 e. The average Bonchev–Trinajstić information content (AvgIpc) is 1.64. The lowest BCUT2D eigenvalue weighted by Crippen LogP contribution is -2.05. The van der Waals surface area contributed by atoms with E-state index in [1.165, 1.54) is 0 Å². The zero-order valence-corrected chi connectivity index (χ0v) is 4.89. The molecule has 1 aromatic heterocycles. The van der Waals surface area contributed by atoms with Gasteiger partial charge in [0, 0.05) is 11.2 Å². The minimum Gasteiger partial charge on any atom is -0.273 e. The standard InChI is InChI=1S/C5H3BClN/c6-5-3-4(7)1-2-8-5/h1-3H. The Hall–Kier alpha value is -0.495. The molecule has 0 saturated carbocycles. The highest BCUT2D eigenvalue weighted by Gasteiger charge is 1.83. The molecular weight excluding hydrogens is 120 g/mol. The van der Waals surface area contributed by atoms with Crippen molar-refractivity contribution in [3.63, 3.8) is 0 Å². The van der Waals surface area contributed by atoms with Crippen LogP contribution in [0.4, 0.5) is 0 Å². The van der Waals surface area contributed by atoms with Crippen molar-refractivity contribution >= 4 is 25.0 Å². The van der Waals surface area contributed by atoms with Gasteiger partial charge in [0.25, 0.3) is 0 Å². The average molecular weight is 123 g/mol. The number of aromatic nitrogens is 1. The highest BCUT2D eigenvalue weighted by atomic mass is 35.5. The molecule has 0 spiro atoms. The molecule has 1 aromatic rings. The molecule has 8 heavy (non-hydrogen) atoms. The lowest BCUT2D eigenvalue weighted by molar-refractivity contribution is 1.39. The molecule has 2 radical (unpaired) electrons. The van der Waals surface area contributed by atoms with Crippen LogP contribution >= 0.6 is 11.6 Å². The summed E-state index contributed by atoms with van der Waals surface area (Å²) in [5.41, 5.74) is 0.456. The molecule has 3 heteroatoms. The van der Waals surface area contributed by atoms with Gasteiger partial charge < -0.3 is 0 Å². The zero-order chi connectivity index (χ0) is 5.98. The van der Waals surface area contributed by atoms with Crippen LogP contribution in [0.5, 0.6) is 0 Å². The Labute approximate surface area is 54.1 Å². The monoisotopic (exact) mass is 123 g/mol. The quantitative estimate of drug-likeness (QED) is 0.459. The molecule has 0 aromatic carbocycles. The fraction of sp³-hybridized carbons (Fsp3) is 0. The van der Waals surface area contributed by atoms with Gasteiger partial charge in [0.1, 0.15) is 7.85 Å². The third-order valence-corrected chi connectivity index (χ3v) is 0.978. The number of nitrogens with zero attached hydrogens (tertiary/aromatic N) is 1. The molecule has 0 aliphatic carbocycles. The first-order chi connectivity index (χ1) is 3.79. The largest absolute Gasteiger partial charge is 0.273 e. The van der Waals surface area contributed by atoms with E-state index >= 15 is 0 Å². The maximum atomic E-state index is 5.52. The molecule has 0 N–H and O–H groups in total. The van der Waals surface area contributed by atoms with E-state index < -0.39 is 0 Å². The number of pyridine rings is 1. The van der Waals surface area contributed by atoms with Gasteiger partial charge in [-0.1, -0.05) is 11.6 Å². The first kappa shape index (κ1) is 5.64. The predicted octanol–water partition coefficient (Wildman–Crippen LogP) is 0.529. The van der Waals surface area contributed by atoms with E-state index in [1.54, 1.807) is 18.3 Å². The van der Waals surface area contributed by atoms with Crippen LogP contribution in [0.2, 0.25) is 5.02 Å². The Kier molecular flexibility index (Phi) is 1.54. The van der Waals surface area contributed by atoms with Crippen LogP contribution in [0.25, 0.3) is 0 Å². The van der Waals surface area contributed by atoms with Gasteiger partial charge in [-0.2, -0.15) is 0 Å². The molecule has 1 nitrogen and oxygen atoms in total. The molecule has 0 saturated heterocycles. The van der Waals surface area contributed by atoms with Gasteiger partial charge in [0.05, 0.1) is 0 Å². The van der Waals surface area contributed by atoms with Gasteiger partial charge in [-0.05, 0) is 17.7 Å². The van der Waals surface area contributed by atoms with Crippen molar-refractivity contribution in [3.8, 4) is 0 Å². The summed E-state index contributed by atoms with van der Waals surface area (Å²) in [5.74, 6) is 0. The normalized spacial score (nSPS) is 9.12. The van der Waals surface area contributed by atoms with E-state index in [4.69, 9.17) is 19.4 Å². The Balaban J connectivity index is 3.08. The highest BCUT2D eigenvalue weighted by molar-refractivity contribution is 6.35. The summed E-state index contributed by atoms with van der Waals surface area (Å²) in [4.78, 5) is 3.73. The first-order valence-corrected chi connectivity index (χ1v) is 2.54. The lowest BCUT2D eigenvalue weighted by atomic mass is 10.0. The highest BCUT2D eigenvalue weighted by Crippen LogP contribution is 2.00. The van der Waals surface area contributed by atoms with Crippen molar-refractivity contribution in [2.24, 2.45) is 0 Å². The molecule has 1 heterocycles. The molecule has 0 bridgehead atoms. The molecule has 0 amide bonds. The van der Waals surface area contributed by atoms with Gasteiger partial charge in [0.2, 0.25) is 0 Å². The topological polar surface area (TPSA) is 12.9 Å². The number of rotatable bonds is 0. The fourth-order valence-corrected chi connectivity index (χ4v) is 0.589. The fourth-order valence-electron chi connectivity index (χ4n) is 0.421. The third kappa shape index (κ3) is 1.24. The second-order valence-electron chi connectivity index (χ2n) is 1.40. The molecule has 0 atom stereocenters. The van der Waals surface area contributed by atoms with Gasteiger partial charge in [-0.25, -0.2) is 0 Å². The van der Waals surface area contributed by atoms with E-state index in [0.29, 0.717) is 10.6 Å². The molecule has 0 unspecified atom stereocenters. The lowest BCUT2D eigenvalue weighted by Gasteiger charge is -1.88. The molecule has 38 valence electrons. The van der Waals surface area contributed by atoms with Crippen LogP contribution in [0.15, 0.2) is 18.3 Å². The molecule has 0 fully saturated rings. The predicted molar refractivity (Wildman–Crippen MR) is 34.6 cm³/mol. The minimum atomic E-state index is 0.456. The van der Waals surface area contributed by atoms with E-state index in [2.05, 4.69) is 4.98 Å². The van der Waals surface area contributed by atoms with E-state index in [-0.39, 0.29) is 0 Å². The second-order valence-corrected chi connectivity index (χ2v) is 1.84.